The summed E-state index contributed by atoms with van der Waals surface area (Å²) >= 11 is 0. The molecule has 160 valence electrons. The summed E-state index contributed by atoms with van der Waals surface area (Å²) in [7, 11) is 1.78. The molecule has 9 nitrogen and oxygen atoms in total. The van der Waals surface area contributed by atoms with Crippen LogP contribution >= 0.6 is 0 Å². The van der Waals surface area contributed by atoms with Crippen molar-refractivity contribution in [2.75, 3.05) is 5.73 Å². The molecule has 4 rings (SSSR count). The molecule has 0 aliphatic rings. The van der Waals surface area contributed by atoms with Gasteiger partial charge in [0, 0.05) is 24.2 Å². The fourth-order valence-corrected chi connectivity index (χ4v) is 3.43. The standard InChI is InChI=1S/C23H22N8O/c1-14-8-18-9-17(5-7-20(18)28-21(14)25)23(32)31(15(2)22-27-13-30(3)29-22)12-19-6-4-16(10-24)11-26-19/h4-9,11,13,15H,12H2,1-3H3,(H2,25,28)/t15-/m1/s1. The van der Waals surface area contributed by atoms with E-state index in [9.17, 15) is 4.79 Å². The second-order valence-corrected chi connectivity index (χ2v) is 7.63. The summed E-state index contributed by atoms with van der Waals surface area (Å²) < 4.78 is 1.60. The van der Waals surface area contributed by atoms with Gasteiger partial charge in [-0.25, -0.2) is 9.97 Å². The minimum atomic E-state index is -0.400. The number of fused-ring (bicyclic) bond motifs is 1. The predicted octanol–water partition coefficient (Wildman–Crippen LogP) is 2.92. The molecule has 0 aliphatic heterocycles. The van der Waals surface area contributed by atoms with Gasteiger partial charge >= 0.3 is 0 Å². The molecule has 0 saturated heterocycles. The number of anilines is 1. The number of hydrogen-bond donors (Lipinski definition) is 1. The largest absolute Gasteiger partial charge is 0.383 e. The molecule has 0 unspecified atom stereocenters. The number of hydrogen-bond acceptors (Lipinski definition) is 7. The molecule has 32 heavy (non-hydrogen) atoms. The lowest BCUT2D eigenvalue weighted by atomic mass is 10.1. The van der Waals surface area contributed by atoms with E-state index in [4.69, 9.17) is 11.0 Å². The highest BCUT2D eigenvalue weighted by molar-refractivity contribution is 5.98. The maximum atomic E-state index is 13.6. The Morgan fingerprint density at radius 2 is 2.06 bits per heavy atom. The van der Waals surface area contributed by atoms with Crippen LogP contribution in [0.1, 0.15) is 46.0 Å². The molecule has 1 aromatic carbocycles. The number of rotatable bonds is 5. The average Bonchev–Trinajstić information content (AvgIpc) is 3.23. The number of carbonyl (C=O) groups excluding carboxylic acids is 1. The number of nitrogens with two attached hydrogens (primary N) is 1. The lowest BCUT2D eigenvalue weighted by molar-refractivity contribution is 0.0663. The molecule has 0 spiro atoms. The number of aromatic nitrogens is 5. The van der Waals surface area contributed by atoms with Gasteiger partial charge in [0.2, 0.25) is 0 Å². The van der Waals surface area contributed by atoms with Crippen molar-refractivity contribution >= 4 is 22.6 Å². The number of nitrogen functional groups attached to an aromatic ring is 1. The zero-order valence-corrected chi connectivity index (χ0v) is 18.0. The van der Waals surface area contributed by atoms with E-state index in [1.54, 1.807) is 47.2 Å². The van der Waals surface area contributed by atoms with Gasteiger partial charge in [-0.1, -0.05) is 0 Å². The highest BCUT2D eigenvalue weighted by Crippen LogP contribution is 2.25. The lowest BCUT2D eigenvalue weighted by Crippen LogP contribution is -2.34. The van der Waals surface area contributed by atoms with E-state index < -0.39 is 6.04 Å². The first kappa shape index (κ1) is 20.9. The Hall–Kier alpha value is -4.32. The van der Waals surface area contributed by atoms with Gasteiger partial charge in [0.1, 0.15) is 18.2 Å². The van der Waals surface area contributed by atoms with Gasteiger partial charge in [-0.05, 0) is 55.8 Å². The fraction of sp³-hybridized carbons (Fsp3) is 0.217. The number of benzene rings is 1. The van der Waals surface area contributed by atoms with Crippen molar-refractivity contribution in [1.82, 2.24) is 29.6 Å². The summed E-state index contributed by atoms with van der Waals surface area (Å²) in [5, 5.41) is 14.2. The summed E-state index contributed by atoms with van der Waals surface area (Å²) in [6.45, 7) is 4.00. The van der Waals surface area contributed by atoms with Crippen LogP contribution in [0.4, 0.5) is 5.82 Å². The first-order chi connectivity index (χ1) is 15.4. The molecule has 0 radical (unpaired) electrons. The monoisotopic (exact) mass is 426 g/mol. The highest BCUT2D eigenvalue weighted by atomic mass is 16.2. The van der Waals surface area contributed by atoms with Crippen LogP contribution in [0, 0.1) is 18.3 Å². The van der Waals surface area contributed by atoms with Crippen LogP contribution in [0.15, 0.2) is 48.9 Å². The normalized spacial score (nSPS) is 11.8. The van der Waals surface area contributed by atoms with E-state index >= 15 is 0 Å². The number of pyridine rings is 2. The zero-order chi connectivity index (χ0) is 22.8. The molecule has 9 heteroatoms. The molecular weight excluding hydrogens is 404 g/mol. The third-order valence-corrected chi connectivity index (χ3v) is 5.30. The van der Waals surface area contributed by atoms with E-state index in [2.05, 4.69) is 26.1 Å². The van der Waals surface area contributed by atoms with E-state index in [-0.39, 0.29) is 12.5 Å². The molecule has 0 saturated carbocycles. The van der Waals surface area contributed by atoms with Crippen molar-refractivity contribution in [3.8, 4) is 6.07 Å². The fourth-order valence-electron chi connectivity index (χ4n) is 3.43. The second kappa shape index (κ2) is 8.43. The Morgan fingerprint density at radius 3 is 2.72 bits per heavy atom. The Labute approximate surface area is 185 Å². The Kier molecular flexibility index (Phi) is 5.52. The maximum Gasteiger partial charge on any atom is 0.254 e. The van der Waals surface area contributed by atoms with Gasteiger partial charge in [-0.2, -0.15) is 10.4 Å². The maximum absolute atomic E-state index is 13.6. The van der Waals surface area contributed by atoms with Crippen molar-refractivity contribution < 1.29 is 4.79 Å². The van der Waals surface area contributed by atoms with Gasteiger partial charge in [-0.3, -0.25) is 14.5 Å². The van der Waals surface area contributed by atoms with Gasteiger partial charge < -0.3 is 10.6 Å². The predicted molar refractivity (Wildman–Crippen MR) is 119 cm³/mol. The van der Waals surface area contributed by atoms with Crippen LogP contribution in [-0.4, -0.2) is 35.5 Å². The number of amides is 1. The third-order valence-electron chi connectivity index (χ3n) is 5.30. The van der Waals surface area contributed by atoms with Gasteiger partial charge in [0.25, 0.3) is 5.91 Å². The van der Waals surface area contributed by atoms with Crippen molar-refractivity contribution in [1.29, 1.82) is 5.26 Å². The second-order valence-electron chi connectivity index (χ2n) is 7.63. The average molecular weight is 426 g/mol. The van der Waals surface area contributed by atoms with Crippen LogP contribution in [-0.2, 0) is 13.6 Å². The van der Waals surface area contributed by atoms with Crippen LogP contribution in [0.5, 0.6) is 0 Å². The topological polar surface area (TPSA) is 127 Å². The Bertz CT molecular complexity index is 1340. The van der Waals surface area contributed by atoms with E-state index in [1.165, 1.54) is 6.20 Å². The van der Waals surface area contributed by atoms with Crippen molar-refractivity contribution in [2.24, 2.45) is 7.05 Å². The molecule has 3 heterocycles. The van der Waals surface area contributed by atoms with Gasteiger partial charge in [-0.15, -0.1) is 0 Å². The Morgan fingerprint density at radius 1 is 1.25 bits per heavy atom. The molecule has 3 aromatic heterocycles. The van der Waals surface area contributed by atoms with Crippen LogP contribution < -0.4 is 5.73 Å². The minimum Gasteiger partial charge on any atom is -0.383 e. The summed E-state index contributed by atoms with van der Waals surface area (Å²) in [5.74, 6) is 0.813. The highest BCUT2D eigenvalue weighted by Gasteiger charge is 2.26. The summed E-state index contributed by atoms with van der Waals surface area (Å²) in [4.78, 5) is 28.3. The number of nitrogens with zero attached hydrogens (tertiary/aromatic N) is 7. The number of carbonyl (C=O) groups is 1. The van der Waals surface area contributed by atoms with Crippen molar-refractivity contribution in [3.63, 3.8) is 0 Å². The first-order valence-corrected chi connectivity index (χ1v) is 10.0. The number of nitriles is 1. The van der Waals surface area contributed by atoms with Crippen LogP contribution in [0.2, 0.25) is 0 Å². The quantitative estimate of drug-likeness (QED) is 0.520. The molecule has 1 atom stereocenters. The van der Waals surface area contributed by atoms with E-state index in [0.717, 1.165) is 16.5 Å². The molecular formula is C23H22N8O. The molecule has 0 fully saturated rings. The molecule has 1 amide bonds. The van der Waals surface area contributed by atoms with E-state index in [1.807, 2.05) is 26.0 Å². The summed E-state index contributed by atoms with van der Waals surface area (Å²) in [6, 6.07) is 12.3. The first-order valence-electron chi connectivity index (χ1n) is 10.0. The molecule has 0 aliphatic carbocycles. The van der Waals surface area contributed by atoms with Gasteiger partial charge in [0.05, 0.1) is 29.4 Å². The SMILES string of the molecule is Cc1cc2cc(C(=O)N(Cc3ccc(C#N)cn3)[C@H](C)c3ncn(C)n3)ccc2nc1N. The molecule has 0 bridgehead atoms. The lowest BCUT2D eigenvalue weighted by Gasteiger charge is -2.27. The van der Waals surface area contributed by atoms with Gasteiger partial charge in [0.15, 0.2) is 5.82 Å². The van der Waals surface area contributed by atoms with E-state index in [0.29, 0.717) is 28.5 Å². The number of aryl methyl sites for hydroxylation is 2. The molecule has 2 N–H and O–H groups in total. The smallest absolute Gasteiger partial charge is 0.254 e. The Balaban J connectivity index is 1.72. The summed E-state index contributed by atoms with van der Waals surface area (Å²) in [5.41, 5.74) is 9.13. The van der Waals surface area contributed by atoms with Crippen molar-refractivity contribution in [2.45, 2.75) is 26.4 Å². The zero-order valence-electron chi connectivity index (χ0n) is 18.0. The van der Waals surface area contributed by atoms with Crippen LogP contribution in [0.25, 0.3) is 10.9 Å². The minimum absolute atomic E-state index is 0.188. The summed E-state index contributed by atoms with van der Waals surface area (Å²) in [6.07, 6.45) is 3.10. The van der Waals surface area contributed by atoms with Crippen molar-refractivity contribution in [3.05, 3.63) is 77.1 Å². The third kappa shape index (κ3) is 4.11. The van der Waals surface area contributed by atoms with Crippen LogP contribution in [0.3, 0.4) is 0 Å². The molecule has 4 aromatic rings.